The molecule has 0 aliphatic rings. The van der Waals surface area contributed by atoms with Crippen molar-refractivity contribution in [2.75, 3.05) is 0 Å². The van der Waals surface area contributed by atoms with E-state index in [9.17, 15) is 4.39 Å². The van der Waals surface area contributed by atoms with Gasteiger partial charge in [-0.2, -0.15) is 10.1 Å². The van der Waals surface area contributed by atoms with Crippen LogP contribution in [-0.2, 0) is 0 Å². The molecule has 0 amide bonds. The number of benzene rings is 1. The highest BCUT2D eigenvalue weighted by molar-refractivity contribution is 5.72. The third-order valence-corrected chi connectivity index (χ3v) is 7.02. The van der Waals surface area contributed by atoms with Crippen molar-refractivity contribution in [3.63, 3.8) is 0 Å². The molecule has 1 unspecified atom stereocenters. The summed E-state index contributed by atoms with van der Waals surface area (Å²) in [5.41, 5.74) is 6.11. The molecule has 196 valence electrons. The van der Waals surface area contributed by atoms with Gasteiger partial charge in [-0.05, 0) is 57.0 Å². The molecule has 5 aromatic heterocycles. The van der Waals surface area contributed by atoms with Crippen molar-refractivity contribution in [2.24, 2.45) is 0 Å². The van der Waals surface area contributed by atoms with Gasteiger partial charge < -0.3 is 0 Å². The average Bonchev–Trinajstić information content (AvgIpc) is 3.65. The zero-order valence-corrected chi connectivity index (χ0v) is 22.0. The molecule has 0 fully saturated rings. The van der Waals surface area contributed by atoms with Gasteiger partial charge in [-0.3, -0.25) is 14.2 Å². The Morgan fingerprint density at radius 3 is 2.28 bits per heavy atom. The molecule has 1 aromatic carbocycles. The highest BCUT2D eigenvalue weighted by Gasteiger charge is 2.20. The largest absolute Gasteiger partial charge is 0.286 e. The Labute approximate surface area is 223 Å². The molecule has 10 heteroatoms. The van der Waals surface area contributed by atoms with Crippen LogP contribution >= 0.6 is 0 Å². The maximum Gasteiger partial charge on any atom is 0.254 e. The lowest BCUT2D eigenvalue weighted by Crippen LogP contribution is -2.10. The summed E-state index contributed by atoms with van der Waals surface area (Å²) in [5.74, 6) is -0.268. The number of pyridine rings is 1. The van der Waals surface area contributed by atoms with Crippen molar-refractivity contribution < 1.29 is 8.78 Å². The molecule has 8 nitrogen and oxygen atoms in total. The van der Waals surface area contributed by atoms with E-state index in [-0.39, 0.29) is 11.9 Å². The summed E-state index contributed by atoms with van der Waals surface area (Å²) in [6.45, 7) is 7.81. The molecule has 6 aromatic rings. The molecular weight excluding hydrogens is 498 g/mol. The minimum Gasteiger partial charge on any atom is -0.286 e. The monoisotopic (exact) mass is 524 g/mol. The van der Waals surface area contributed by atoms with Crippen molar-refractivity contribution >= 4 is 5.65 Å². The van der Waals surface area contributed by atoms with E-state index in [1.165, 1.54) is 22.8 Å². The molecule has 5 heterocycles. The van der Waals surface area contributed by atoms with Gasteiger partial charge in [0.25, 0.3) is 5.95 Å². The highest BCUT2D eigenvalue weighted by Crippen LogP contribution is 2.30. The van der Waals surface area contributed by atoms with E-state index in [0.29, 0.717) is 34.1 Å². The van der Waals surface area contributed by atoms with E-state index in [1.54, 1.807) is 30.7 Å². The second-order valence-electron chi connectivity index (χ2n) is 9.58. The van der Waals surface area contributed by atoms with Gasteiger partial charge in [0, 0.05) is 34.3 Å². The van der Waals surface area contributed by atoms with Crippen molar-refractivity contribution in [1.82, 2.24) is 38.9 Å². The van der Waals surface area contributed by atoms with E-state index in [1.807, 2.05) is 55.3 Å². The molecule has 0 spiro atoms. The van der Waals surface area contributed by atoms with Crippen LogP contribution in [0.25, 0.3) is 34.1 Å². The summed E-state index contributed by atoms with van der Waals surface area (Å²) < 4.78 is 34.1. The van der Waals surface area contributed by atoms with Crippen molar-refractivity contribution in [3.05, 3.63) is 102 Å². The minimum atomic E-state index is -0.470. The van der Waals surface area contributed by atoms with Gasteiger partial charge in [0.05, 0.1) is 42.2 Å². The number of aromatic nitrogens is 8. The first kappa shape index (κ1) is 24.6. The summed E-state index contributed by atoms with van der Waals surface area (Å²) in [7, 11) is 0. The Balaban J connectivity index is 1.38. The molecule has 0 aliphatic carbocycles. The second-order valence-corrected chi connectivity index (χ2v) is 9.58. The van der Waals surface area contributed by atoms with Crippen LogP contribution in [0, 0.1) is 32.4 Å². The fourth-order valence-corrected chi connectivity index (χ4v) is 5.04. The van der Waals surface area contributed by atoms with Gasteiger partial charge >= 0.3 is 0 Å². The smallest absolute Gasteiger partial charge is 0.254 e. The average molecular weight is 525 g/mol. The number of fused-ring (bicyclic) bond motifs is 1. The summed E-state index contributed by atoms with van der Waals surface area (Å²) in [6, 6.07) is 10.3. The Hall–Kier alpha value is -4.73. The molecule has 0 aliphatic heterocycles. The first-order valence-corrected chi connectivity index (χ1v) is 12.7. The summed E-state index contributed by atoms with van der Waals surface area (Å²) >= 11 is 0. The quantitative estimate of drug-likeness (QED) is 0.265. The summed E-state index contributed by atoms with van der Waals surface area (Å²) in [4.78, 5) is 13.8. The molecule has 6 rings (SSSR count). The van der Waals surface area contributed by atoms with Gasteiger partial charge in [0.15, 0.2) is 11.5 Å². The Kier molecular flexibility index (Phi) is 6.02. The normalized spacial score (nSPS) is 12.4. The Morgan fingerprint density at radius 2 is 1.56 bits per heavy atom. The molecule has 39 heavy (non-hydrogen) atoms. The fourth-order valence-electron chi connectivity index (χ4n) is 5.04. The molecule has 0 N–H and O–H groups in total. The topological polar surface area (TPSA) is 78.7 Å². The molecule has 0 bridgehead atoms. The number of hydrogen-bond donors (Lipinski definition) is 0. The van der Waals surface area contributed by atoms with Crippen LogP contribution < -0.4 is 0 Å². The van der Waals surface area contributed by atoms with Crippen molar-refractivity contribution in [2.45, 2.75) is 40.2 Å². The zero-order chi connectivity index (χ0) is 27.3. The second kappa shape index (κ2) is 9.54. The van der Waals surface area contributed by atoms with Crippen LogP contribution in [0.4, 0.5) is 8.78 Å². The number of rotatable bonds is 6. The third-order valence-electron chi connectivity index (χ3n) is 7.02. The first-order valence-electron chi connectivity index (χ1n) is 12.7. The van der Waals surface area contributed by atoms with Crippen LogP contribution in [0.5, 0.6) is 0 Å². The van der Waals surface area contributed by atoms with Crippen LogP contribution in [0.3, 0.4) is 0 Å². The van der Waals surface area contributed by atoms with Crippen molar-refractivity contribution in [1.29, 1.82) is 0 Å². The zero-order valence-electron chi connectivity index (χ0n) is 22.0. The molecule has 0 saturated heterocycles. The predicted octanol–water partition coefficient (Wildman–Crippen LogP) is 6.04. The van der Waals surface area contributed by atoms with Gasteiger partial charge in [-0.1, -0.05) is 19.1 Å². The van der Waals surface area contributed by atoms with Gasteiger partial charge in [-0.25, -0.2) is 18.3 Å². The number of aryl methyl sites for hydroxylation is 3. The van der Waals surface area contributed by atoms with E-state index in [4.69, 9.17) is 9.97 Å². The minimum absolute atomic E-state index is 0.0627. The standard InChI is InChI=1S/C29H26F2N8/c1-5-26(20-8-10-22(30)11-9-20)37-15-21(12-33-37)24-13-32-14-25(34-24)27-19(4)28-35-29(36-38(28)16-23(27)31)39-17(2)6-7-18(39)3/h6-16,26H,5H2,1-4H3. The van der Waals surface area contributed by atoms with E-state index in [2.05, 4.69) is 15.2 Å². The predicted molar refractivity (Wildman–Crippen MR) is 144 cm³/mol. The maximum absolute atomic E-state index is 15.5. The Bertz CT molecular complexity index is 1790. The number of hydrogen-bond acceptors (Lipinski definition) is 5. The van der Waals surface area contributed by atoms with Crippen LogP contribution in [0.15, 0.2) is 67.4 Å². The number of halogens is 2. The SMILES string of the molecule is CCC(c1ccc(F)cc1)n1cc(-c2cncc(-c3c(F)cn4nc(-n5c(C)ccc5C)nc4c3C)n2)cn1. The van der Waals surface area contributed by atoms with E-state index < -0.39 is 5.82 Å². The molecular formula is C29H26F2N8. The van der Waals surface area contributed by atoms with E-state index in [0.717, 1.165) is 28.9 Å². The third kappa shape index (κ3) is 4.27. The van der Waals surface area contributed by atoms with Gasteiger partial charge in [0.2, 0.25) is 0 Å². The Morgan fingerprint density at radius 1 is 0.846 bits per heavy atom. The lowest BCUT2D eigenvalue weighted by molar-refractivity contribution is 0.508. The maximum atomic E-state index is 15.5. The van der Waals surface area contributed by atoms with Crippen LogP contribution in [-0.4, -0.2) is 38.9 Å². The lowest BCUT2D eigenvalue weighted by Gasteiger charge is -2.16. The first-order chi connectivity index (χ1) is 18.8. The summed E-state index contributed by atoms with van der Waals surface area (Å²) in [6.07, 6.45) is 8.85. The molecule has 0 radical (unpaired) electrons. The summed E-state index contributed by atoms with van der Waals surface area (Å²) in [5, 5.41) is 9.06. The van der Waals surface area contributed by atoms with Crippen LogP contribution in [0.1, 0.15) is 41.9 Å². The van der Waals surface area contributed by atoms with Crippen molar-refractivity contribution in [3.8, 4) is 28.5 Å². The van der Waals surface area contributed by atoms with Gasteiger partial charge in [-0.15, -0.1) is 5.10 Å². The number of nitrogens with zero attached hydrogens (tertiary/aromatic N) is 8. The fraction of sp³-hybridized carbons (Fsp3) is 0.207. The van der Waals surface area contributed by atoms with Crippen LogP contribution in [0.2, 0.25) is 0 Å². The van der Waals surface area contributed by atoms with E-state index >= 15 is 4.39 Å². The molecule has 1 atom stereocenters. The lowest BCUT2D eigenvalue weighted by atomic mass is 10.0. The highest BCUT2D eigenvalue weighted by atomic mass is 19.1. The van der Waals surface area contributed by atoms with Gasteiger partial charge in [0.1, 0.15) is 5.82 Å². The molecule has 0 saturated carbocycles.